The fourth-order valence-electron chi connectivity index (χ4n) is 2.53. The van der Waals surface area contributed by atoms with E-state index in [1.165, 1.54) is 5.69 Å². The van der Waals surface area contributed by atoms with E-state index in [4.69, 9.17) is 9.47 Å². The van der Waals surface area contributed by atoms with Crippen molar-refractivity contribution in [3.63, 3.8) is 0 Å². The summed E-state index contributed by atoms with van der Waals surface area (Å²) in [6.45, 7) is 2.61. The molecule has 2 aromatic rings. The summed E-state index contributed by atoms with van der Waals surface area (Å²) in [7, 11) is 7.55. The number of benzene rings is 1. The SMILES string of the molecule is CN=C(NCc1cccc(OCCOC)c1)N(C)Cc1cccn1C. The molecule has 0 fully saturated rings. The Morgan fingerprint density at radius 1 is 1.24 bits per heavy atom. The maximum absolute atomic E-state index is 5.65. The van der Waals surface area contributed by atoms with Crippen LogP contribution >= 0.6 is 0 Å². The van der Waals surface area contributed by atoms with Crippen LogP contribution in [0.2, 0.25) is 0 Å². The Hall–Kier alpha value is -2.47. The van der Waals surface area contributed by atoms with E-state index in [-0.39, 0.29) is 0 Å². The van der Waals surface area contributed by atoms with Gasteiger partial charge in [-0.25, -0.2) is 0 Å². The van der Waals surface area contributed by atoms with Gasteiger partial charge in [0.2, 0.25) is 0 Å². The van der Waals surface area contributed by atoms with Crippen molar-refractivity contribution in [2.24, 2.45) is 12.0 Å². The normalized spacial score (nSPS) is 11.4. The van der Waals surface area contributed by atoms with Crippen molar-refractivity contribution in [2.75, 3.05) is 34.4 Å². The van der Waals surface area contributed by atoms with Crippen LogP contribution in [0, 0.1) is 0 Å². The lowest BCUT2D eigenvalue weighted by molar-refractivity contribution is 0.146. The molecule has 0 unspecified atom stereocenters. The molecule has 0 aliphatic rings. The zero-order valence-corrected chi connectivity index (χ0v) is 15.5. The number of ether oxygens (including phenoxy) is 2. The lowest BCUT2D eigenvalue weighted by atomic mass is 10.2. The highest BCUT2D eigenvalue weighted by atomic mass is 16.5. The lowest BCUT2D eigenvalue weighted by Gasteiger charge is -2.22. The fourth-order valence-corrected chi connectivity index (χ4v) is 2.53. The molecule has 1 aromatic heterocycles. The number of guanidine groups is 1. The molecule has 1 heterocycles. The average Bonchev–Trinajstić information content (AvgIpc) is 3.01. The number of rotatable bonds is 8. The molecule has 1 aromatic carbocycles. The topological polar surface area (TPSA) is 51.0 Å². The van der Waals surface area contributed by atoms with Gasteiger partial charge in [-0.2, -0.15) is 0 Å². The highest BCUT2D eigenvalue weighted by Gasteiger charge is 2.08. The monoisotopic (exact) mass is 344 g/mol. The zero-order valence-electron chi connectivity index (χ0n) is 15.5. The first-order chi connectivity index (χ1) is 12.1. The van der Waals surface area contributed by atoms with Gasteiger partial charge in [0, 0.05) is 46.7 Å². The van der Waals surface area contributed by atoms with Crippen molar-refractivity contribution < 1.29 is 9.47 Å². The number of methoxy groups -OCH3 is 1. The van der Waals surface area contributed by atoms with Gasteiger partial charge in [-0.15, -0.1) is 0 Å². The Morgan fingerprint density at radius 3 is 2.76 bits per heavy atom. The van der Waals surface area contributed by atoms with Gasteiger partial charge in [0.05, 0.1) is 13.2 Å². The Kier molecular flexibility index (Phi) is 7.35. The first-order valence-corrected chi connectivity index (χ1v) is 8.36. The third-order valence-electron chi connectivity index (χ3n) is 3.93. The Balaban J connectivity index is 1.89. The van der Waals surface area contributed by atoms with E-state index in [9.17, 15) is 0 Å². The first-order valence-electron chi connectivity index (χ1n) is 8.36. The third-order valence-corrected chi connectivity index (χ3v) is 3.93. The van der Waals surface area contributed by atoms with Crippen LogP contribution in [0.1, 0.15) is 11.3 Å². The molecule has 0 radical (unpaired) electrons. The number of aryl methyl sites for hydroxylation is 1. The molecule has 0 aliphatic carbocycles. The molecule has 0 bridgehead atoms. The molecule has 6 nitrogen and oxygen atoms in total. The van der Waals surface area contributed by atoms with E-state index < -0.39 is 0 Å². The first kappa shape index (κ1) is 18.9. The van der Waals surface area contributed by atoms with Gasteiger partial charge < -0.3 is 24.3 Å². The van der Waals surface area contributed by atoms with E-state index >= 15 is 0 Å². The van der Waals surface area contributed by atoms with Gasteiger partial charge in [0.1, 0.15) is 12.4 Å². The van der Waals surface area contributed by atoms with Crippen LogP contribution in [0.4, 0.5) is 0 Å². The highest BCUT2D eigenvalue weighted by molar-refractivity contribution is 5.79. The summed E-state index contributed by atoms with van der Waals surface area (Å²) in [5.41, 5.74) is 2.38. The van der Waals surface area contributed by atoms with Crippen molar-refractivity contribution in [3.8, 4) is 5.75 Å². The molecule has 6 heteroatoms. The van der Waals surface area contributed by atoms with Crippen LogP contribution in [0.15, 0.2) is 47.6 Å². The minimum atomic E-state index is 0.550. The van der Waals surface area contributed by atoms with Gasteiger partial charge in [-0.05, 0) is 29.8 Å². The summed E-state index contributed by atoms with van der Waals surface area (Å²) >= 11 is 0. The van der Waals surface area contributed by atoms with Crippen molar-refractivity contribution in [3.05, 3.63) is 53.9 Å². The standard InChI is InChI=1S/C19H28N4O2/c1-20-19(23(3)15-17-8-6-10-22(17)2)21-14-16-7-5-9-18(13-16)25-12-11-24-4/h5-10,13H,11-12,14-15H2,1-4H3,(H,20,21). The molecule has 0 amide bonds. The van der Waals surface area contributed by atoms with Crippen LogP contribution in [0.3, 0.4) is 0 Å². The number of nitrogens with zero attached hydrogens (tertiary/aromatic N) is 3. The smallest absolute Gasteiger partial charge is 0.194 e. The predicted octanol–water partition coefficient (Wildman–Crippen LogP) is 2.26. The van der Waals surface area contributed by atoms with Crippen LogP contribution in [-0.2, 0) is 24.9 Å². The Morgan fingerprint density at radius 2 is 2.08 bits per heavy atom. The van der Waals surface area contributed by atoms with Crippen molar-refractivity contribution in [2.45, 2.75) is 13.1 Å². The van der Waals surface area contributed by atoms with Crippen LogP contribution in [0.5, 0.6) is 5.75 Å². The molecule has 2 rings (SSSR count). The number of nitrogens with one attached hydrogen (secondary N) is 1. The fraction of sp³-hybridized carbons (Fsp3) is 0.421. The molecular weight excluding hydrogens is 316 g/mol. The van der Waals surface area contributed by atoms with Crippen molar-refractivity contribution >= 4 is 5.96 Å². The summed E-state index contributed by atoms with van der Waals surface area (Å²) in [5.74, 6) is 1.70. The minimum absolute atomic E-state index is 0.550. The Bertz CT molecular complexity index is 682. The Labute approximate surface area is 150 Å². The van der Waals surface area contributed by atoms with E-state index in [2.05, 4.69) is 51.2 Å². The molecule has 0 saturated heterocycles. The van der Waals surface area contributed by atoms with Crippen LogP contribution in [-0.4, -0.2) is 49.8 Å². The average molecular weight is 344 g/mol. The second kappa shape index (κ2) is 9.74. The molecule has 0 saturated carbocycles. The largest absolute Gasteiger partial charge is 0.491 e. The lowest BCUT2D eigenvalue weighted by Crippen LogP contribution is -2.38. The predicted molar refractivity (Wildman–Crippen MR) is 101 cm³/mol. The molecular formula is C19H28N4O2. The molecule has 1 N–H and O–H groups in total. The summed E-state index contributed by atoms with van der Waals surface area (Å²) < 4.78 is 12.8. The molecule has 0 aliphatic heterocycles. The maximum Gasteiger partial charge on any atom is 0.194 e. The van der Waals surface area contributed by atoms with Crippen LogP contribution in [0.25, 0.3) is 0 Å². The molecule has 0 spiro atoms. The highest BCUT2D eigenvalue weighted by Crippen LogP contribution is 2.13. The van der Waals surface area contributed by atoms with Crippen LogP contribution < -0.4 is 10.1 Å². The number of hydrogen-bond acceptors (Lipinski definition) is 3. The maximum atomic E-state index is 5.65. The van der Waals surface area contributed by atoms with E-state index in [1.807, 2.05) is 25.2 Å². The second-order valence-electron chi connectivity index (χ2n) is 5.86. The van der Waals surface area contributed by atoms with Gasteiger partial charge in [0.25, 0.3) is 0 Å². The second-order valence-corrected chi connectivity index (χ2v) is 5.86. The minimum Gasteiger partial charge on any atom is -0.491 e. The third kappa shape index (κ3) is 5.83. The van der Waals surface area contributed by atoms with Gasteiger partial charge in [-0.1, -0.05) is 12.1 Å². The van der Waals surface area contributed by atoms with Gasteiger partial charge >= 0.3 is 0 Å². The summed E-state index contributed by atoms with van der Waals surface area (Å²) in [5, 5.41) is 3.40. The van der Waals surface area contributed by atoms with Gasteiger partial charge in [-0.3, -0.25) is 4.99 Å². The molecule has 136 valence electrons. The van der Waals surface area contributed by atoms with Crippen molar-refractivity contribution in [1.29, 1.82) is 0 Å². The molecule has 0 atom stereocenters. The number of aliphatic imine (C=N–C) groups is 1. The summed E-state index contributed by atoms with van der Waals surface area (Å²) in [6.07, 6.45) is 2.05. The molecule has 25 heavy (non-hydrogen) atoms. The summed E-state index contributed by atoms with van der Waals surface area (Å²) in [4.78, 5) is 6.48. The van der Waals surface area contributed by atoms with E-state index in [0.717, 1.165) is 23.8 Å². The summed E-state index contributed by atoms with van der Waals surface area (Å²) in [6, 6.07) is 12.2. The zero-order chi connectivity index (χ0) is 18.1. The van der Waals surface area contributed by atoms with E-state index in [0.29, 0.717) is 19.8 Å². The quantitative estimate of drug-likeness (QED) is 0.453. The number of hydrogen-bond donors (Lipinski definition) is 1. The van der Waals surface area contributed by atoms with Crippen molar-refractivity contribution in [1.82, 2.24) is 14.8 Å². The van der Waals surface area contributed by atoms with Gasteiger partial charge in [0.15, 0.2) is 5.96 Å². The number of aromatic nitrogens is 1. The van der Waals surface area contributed by atoms with E-state index in [1.54, 1.807) is 14.2 Å².